The number of hydrogen-bond donors (Lipinski definition) is 2. The van der Waals surface area contributed by atoms with Crippen LogP contribution in [0, 0.1) is 0 Å². The molecule has 0 radical (unpaired) electrons. The molecular weight excluding hydrogens is 516 g/mol. The maximum Gasteiger partial charge on any atom is 0.340 e. The van der Waals surface area contributed by atoms with Gasteiger partial charge in [-0.25, -0.2) is 9.59 Å². The number of benzene rings is 3. The second kappa shape index (κ2) is 14.5. The molecule has 0 bridgehead atoms. The van der Waals surface area contributed by atoms with Gasteiger partial charge in [-0.3, -0.25) is 20.4 Å². The lowest BCUT2D eigenvalue weighted by Gasteiger charge is -2.11. The summed E-state index contributed by atoms with van der Waals surface area (Å²) in [6.45, 7) is 1.52. The average molecular weight is 549 g/mol. The zero-order chi connectivity index (χ0) is 29.1. The predicted octanol–water partition coefficient (Wildman–Crippen LogP) is 0.575. The summed E-state index contributed by atoms with van der Waals surface area (Å²) in [6.07, 6.45) is 0. The first-order chi connectivity index (χ1) is 19.2. The number of nitrogens with one attached hydrogen (secondary N) is 2. The highest BCUT2D eigenvalue weighted by molar-refractivity contribution is 5.96. The minimum absolute atomic E-state index is 0.104. The van der Waals surface area contributed by atoms with Gasteiger partial charge in [-0.2, -0.15) is 10.2 Å². The van der Waals surface area contributed by atoms with Gasteiger partial charge in [-0.05, 0) is 64.6 Å². The van der Waals surface area contributed by atoms with Gasteiger partial charge in [-0.1, -0.05) is 24.3 Å². The Morgan fingerprint density at radius 2 is 1.18 bits per heavy atom. The average Bonchev–Trinajstić information content (AvgIpc) is 2.92. The summed E-state index contributed by atoms with van der Waals surface area (Å²) < 4.78 is 10.6. The largest absolute Gasteiger partial charge is 0.461 e. The van der Waals surface area contributed by atoms with Crippen LogP contribution in [-0.4, -0.2) is 76.2 Å². The number of esters is 2. The second-order valence-electron chi connectivity index (χ2n) is 9.18. The van der Waals surface area contributed by atoms with E-state index in [2.05, 4.69) is 21.1 Å². The lowest BCUT2D eigenvalue weighted by molar-refractivity contribution is 0.0473. The van der Waals surface area contributed by atoms with Crippen LogP contribution < -0.4 is 32.4 Å². The number of rotatable bonds is 12. The number of likely N-dealkylation sites (N-methyl/N-ethyl adjacent to an activating group) is 2. The van der Waals surface area contributed by atoms with Crippen molar-refractivity contribution in [3.8, 4) is 0 Å². The van der Waals surface area contributed by atoms with Gasteiger partial charge >= 0.3 is 11.9 Å². The maximum atomic E-state index is 13.0. The van der Waals surface area contributed by atoms with Crippen LogP contribution in [0.5, 0.6) is 0 Å². The summed E-state index contributed by atoms with van der Waals surface area (Å²) in [5.74, 6) is -1.12. The second-order valence-corrected chi connectivity index (χ2v) is 9.18. The number of para-hydroxylation sites is 2. The van der Waals surface area contributed by atoms with Crippen LogP contribution in [0.3, 0.4) is 0 Å². The number of hydrogen-bond acceptors (Lipinski definition) is 12. The molecule has 0 aliphatic rings. The molecule has 2 N–H and O–H groups in total. The third kappa shape index (κ3) is 8.41. The zero-order valence-corrected chi connectivity index (χ0v) is 22.8. The summed E-state index contributed by atoms with van der Waals surface area (Å²) in [5, 5.41) is 7.55. The molecule has 40 heavy (non-hydrogen) atoms. The first kappa shape index (κ1) is 29.9. The summed E-state index contributed by atoms with van der Waals surface area (Å²) in [6, 6.07) is 15.4. The smallest absolute Gasteiger partial charge is 0.340 e. The Hall–Kier alpha value is -4.68. The van der Waals surface area contributed by atoms with E-state index in [1.54, 1.807) is 48.5 Å². The summed E-state index contributed by atoms with van der Waals surface area (Å²) in [7, 11) is 7.46. The van der Waals surface area contributed by atoms with E-state index in [0.717, 1.165) is 6.07 Å². The first-order valence-electron chi connectivity index (χ1n) is 12.4. The SMILES string of the molecule is CN(C)CCOC(=O)c1ccccc1NN=c1ccc(=O)c(=NNc2ccccc2C(=O)OCCN(C)C)c1=O. The summed E-state index contributed by atoms with van der Waals surface area (Å²) in [5.41, 5.74) is 4.97. The molecule has 210 valence electrons. The van der Waals surface area contributed by atoms with Gasteiger partial charge in [0.25, 0.3) is 0 Å². The zero-order valence-electron chi connectivity index (χ0n) is 22.8. The van der Waals surface area contributed by atoms with Gasteiger partial charge in [0, 0.05) is 13.1 Å². The van der Waals surface area contributed by atoms with Crippen molar-refractivity contribution in [2.45, 2.75) is 0 Å². The minimum Gasteiger partial charge on any atom is -0.461 e. The number of carbonyl (C=O) groups excluding carboxylic acids is 2. The Balaban J connectivity index is 1.84. The van der Waals surface area contributed by atoms with Gasteiger partial charge in [0.1, 0.15) is 18.6 Å². The lowest BCUT2D eigenvalue weighted by atomic mass is 10.2. The lowest BCUT2D eigenvalue weighted by Crippen LogP contribution is -2.48. The third-order valence-corrected chi connectivity index (χ3v) is 5.50. The fraction of sp³-hybridized carbons (Fsp3) is 0.286. The number of ether oxygens (including phenoxy) is 2. The Kier molecular flexibility index (Phi) is 10.8. The summed E-state index contributed by atoms with van der Waals surface area (Å²) in [4.78, 5) is 54.3. The van der Waals surface area contributed by atoms with Gasteiger partial charge in [-0.15, -0.1) is 0 Å². The Labute approximate surface area is 230 Å². The molecule has 0 saturated heterocycles. The number of nitrogens with zero attached hydrogens (tertiary/aromatic N) is 4. The van der Waals surface area contributed by atoms with Crippen molar-refractivity contribution in [2.75, 3.05) is 65.3 Å². The molecule has 0 saturated carbocycles. The van der Waals surface area contributed by atoms with Gasteiger partial charge in [0.2, 0.25) is 10.9 Å². The molecule has 0 aliphatic heterocycles. The Morgan fingerprint density at radius 3 is 1.68 bits per heavy atom. The third-order valence-electron chi connectivity index (χ3n) is 5.50. The Bertz CT molecular complexity index is 1560. The maximum absolute atomic E-state index is 13.0. The molecular formula is C28H32N6O6. The molecule has 3 aromatic carbocycles. The molecule has 3 aromatic rings. The standard InChI is InChI=1S/C28H32N6O6/c1-33(2)15-17-39-27(37)19-9-5-7-11-21(19)29-31-23-13-14-24(35)25(26(23)36)32-30-22-12-8-6-10-20(22)28(38)40-18-16-34(3)4/h5-14,29-30H,15-18H2,1-4H3. The molecule has 0 atom stereocenters. The number of anilines is 2. The Morgan fingerprint density at radius 1 is 0.700 bits per heavy atom. The van der Waals surface area contributed by atoms with Crippen LogP contribution in [0.25, 0.3) is 0 Å². The normalized spacial score (nSPS) is 12.1. The van der Waals surface area contributed by atoms with E-state index in [1.165, 1.54) is 6.07 Å². The molecule has 0 aromatic heterocycles. The molecule has 0 fully saturated rings. The van der Waals surface area contributed by atoms with Gasteiger partial charge in [0.15, 0.2) is 5.36 Å². The van der Waals surface area contributed by atoms with E-state index in [4.69, 9.17) is 9.47 Å². The molecule has 12 heteroatoms. The van der Waals surface area contributed by atoms with Crippen molar-refractivity contribution in [2.24, 2.45) is 10.2 Å². The van der Waals surface area contributed by atoms with Crippen LogP contribution in [-0.2, 0) is 9.47 Å². The molecule has 0 aliphatic carbocycles. The molecule has 0 unspecified atom stereocenters. The van der Waals surface area contributed by atoms with Crippen molar-refractivity contribution in [3.05, 3.63) is 103 Å². The van der Waals surface area contributed by atoms with E-state index in [0.29, 0.717) is 18.8 Å². The predicted molar refractivity (Wildman–Crippen MR) is 150 cm³/mol. The highest BCUT2D eigenvalue weighted by Crippen LogP contribution is 2.17. The monoisotopic (exact) mass is 548 g/mol. The molecule has 12 nitrogen and oxygen atoms in total. The molecule has 0 amide bonds. The molecule has 3 rings (SSSR count). The molecule has 0 heterocycles. The van der Waals surface area contributed by atoms with Crippen LogP contribution in [0.2, 0.25) is 0 Å². The van der Waals surface area contributed by atoms with E-state index in [-0.39, 0.29) is 35.4 Å². The van der Waals surface area contributed by atoms with Crippen molar-refractivity contribution in [1.29, 1.82) is 0 Å². The van der Waals surface area contributed by atoms with Gasteiger partial charge < -0.3 is 19.3 Å². The van der Waals surface area contributed by atoms with E-state index >= 15 is 0 Å². The van der Waals surface area contributed by atoms with Crippen LogP contribution in [0.1, 0.15) is 20.7 Å². The number of carbonyl (C=O) groups is 2. The summed E-state index contributed by atoms with van der Waals surface area (Å²) >= 11 is 0. The first-order valence-corrected chi connectivity index (χ1v) is 12.4. The van der Waals surface area contributed by atoms with E-state index in [1.807, 2.05) is 38.0 Å². The quantitative estimate of drug-likeness (QED) is 0.244. The fourth-order valence-corrected chi connectivity index (χ4v) is 3.29. The minimum atomic E-state index is -0.746. The van der Waals surface area contributed by atoms with E-state index < -0.39 is 28.2 Å². The van der Waals surface area contributed by atoms with Crippen molar-refractivity contribution < 1.29 is 19.1 Å². The van der Waals surface area contributed by atoms with E-state index in [9.17, 15) is 19.2 Å². The topological polar surface area (TPSA) is 142 Å². The van der Waals surface area contributed by atoms with Crippen molar-refractivity contribution >= 4 is 23.3 Å². The van der Waals surface area contributed by atoms with Crippen LogP contribution in [0.15, 0.2) is 80.5 Å². The van der Waals surface area contributed by atoms with Gasteiger partial charge in [0.05, 0.1) is 22.5 Å². The highest BCUT2D eigenvalue weighted by atomic mass is 16.5. The van der Waals surface area contributed by atoms with Crippen molar-refractivity contribution in [3.63, 3.8) is 0 Å². The van der Waals surface area contributed by atoms with Crippen molar-refractivity contribution in [1.82, 2.24) is 9.80 Å². The highest BCUT2D eigenvalue weighted by Gasteiger charge is 2.14. The fourth-order valence-electron chi connectivity index (χ4n) is 3.29. The van der Waals surface area contributed by atoms with Crippen LogP contribution >= 0.6 is 0 Å². The molecule has 0 spiro atoms. The van der Waals surface area contributed by atoms with Crippen LogP contribution in [0.4, 0.5) is 11.4 Å².